The number of hydrogen-bond acceptors (Lipinski definition) is 9. The molecule has 0 radical (unpaired) electrons. The molecule has 1 rings (SSSR count). The van der Waals surface area contributed by atoms with Crippen LogP contribution in [0.1, 0.15) is 19.8 Å². The van der Waals surface area contributed by atoms with Crippen molar-refractivity contribution in [1.82, 2.24) is 5.32 Å². The summed E-state index contributed by atoms with van der Waals surface area (Å²) in [5.41, 5.74) is 4.78. The summed E-state index contributed by atoms with van der Waals surface area (Å²) in [4.78, 5) is 10.4. The fourth-order valence-corrected chi connectivity index (χ4v) is 6.39. The number of carbonyl (C=O) groups excluding carboxylic acids is 1. The standard InChI is InChI=1S/C9H20O5Si.C7H18N2O4Si/c1-5-9(14-7-8-6-13-8)15(10-2,11-3)12-4;1-11-14(12-2,13-3)6-4-5-9-7(8)10/h8-9H,5-7H2,1-4H3;4-6H2,1-3H3,(H3,8,9,10). The van der Waals surface area contributed by atoms with Crippen LogP contribution in [0.15, 0.2) is 0 Å². The maximum Gasteiger partial charge on any atom is 0.530 e. The van der Waals surface area contributed by atoms with E-state index in [1.54, 1.807) is 42.7 Å². The molecule has 29 heavy (non-hydrogen) atoms. The van der Waals surface area contributed by atoms with Crippen LogP contribution in [0.3, 0.4) is 0 Å². The van der Waals surface area contributed by atoms with Crippen molar-refractivity contribution in [2.45, 2.75) is 37.6 Å². The first kappa shape index (κ1) is 28.4. The summed E-state index contributed by atoms with van der Waals surface area (Å²) in [5.74, 6) is 0. The zero-order valence-electron chi connectivity index (χ0n) is 18.6. The van der Waals surface area contributed by atoms with Gasteiger partial charge >= 0.3 is 23.6 Å². The topological polar surface area (TPSA) is 132 Å². The third kappa shape index (κ3) is 10.3. The highest BCUT2D eigenvalue weighted by atomic mass is 28.4. The molecular weight excluding hydrogens is 420 g/mol. The van der Waals surface area contributed by atoms with Gasteiger partial charge in [0.05, 0.1) is 13.2 Å². The summed E-state index contributed by atoms with van der Waals surface area (Å²) in [7, 11) is 4.31. The van der Waals surface area contributed by atoms with Crippen molar-refractivity contribution < 1.29 is 40.8 Å². The third-order valence-electron chi connectivity index (χ3n) is 4.40. The number of epoxide rings is 1. The molecule has 0 aromatic carbocycles. The minimum absolute atomic E-state index is 0.123. The van der Waals surface area contributed by atoms with E-state index in [0.717, 1.165) is 13.0 Å². The number of rotatable bonds is 15. The fraction of sp³-hybridized carbons (Fsp3) is 0.938. The Morgan fingerprint density at radius 3 is 1.93 bits per heavy atom. The zero-order valence-corrected chi connectivity index (χ0v) is 20.6. The van der Waals surface area contributed by atoms with Crippen molar-refractivity contribution in [2.24, 2.45) is 5.73 Å². The van der Waals surface area contributed by atoms with Gasteiger partial charge in [0.1, 0.15) is 11.8 Å². The highest BCUT2D eigenvalue weighted by molar-refractivity contribution is 6.62. The molecule has 0 aromatic rings. The highest BCUT2D eigenvalue weighted by Gasteiger charge is 2.48. The van der Waals surface area contributed by atoms with Gasteiger partial charge in [0, 0.05) is 55.2 Å². The Morgan fingerprint density at radius 1 is 1.07 bits per heavy atom. The molecule has 0 bridgehead atoms. The summed E-state index contributed by atoms with van der Waals surface area (Å²) < 4.78 is 42.5. The lowest BCUT2D eigenvalue weighted by molar-refractivity contribution is 0.00651. The number of nitrogens with two attached hydrogens (primary N) is 1. The van der Waals surface area contributed by atoms with E-state index in [1.165, 1.54) is 0 Å². The molecule has 0 saturated carbocycles. The second-order valence-electron chi connectivity index (χ2n) is 6.09. The summed E-state index contributed by atoms with van der Waals surface area (Å²) in [6, 6.07) is 0.126. The van der Waals surface area contributed by atoms with E-state index in [1.807, 2.05) is 6.92 Å². The molecule has 2 atom stereocenters. The van der Waals surface area contributed by atoms with E-state index in [2.05, 4.69) is 5.32 Å². The predicted octanol–water partition coefficient (Wildman–Crippen LogP) is 0.521. The average Bonchev–Trinajstić information content (AvgIpc) is 3.57. The average molecular weight is 459 g/mol. The fourth-order valence-electron chi connectivity index (χ4n) is 2.57. The van der Waals surface area contributed by atoms with Crippen LogP contribution in [-0.4, -0.2) is 97.9 Å². The lowest BCUT2D eigenvalue weighted by Gasteiger charge is -2.31. The first-order valence-electron chi connectivity index (χ1n) is 9.39. The van der Waals surface area contributed by atoms with Gasteiger partial charge in [-0.1, -0.05) is 6.92 Å². The van der Waals surface area contributed by atoms with Gasteiger partial charge in [-0.05, 0) is 12.8 Å². The van der Waals surface area contributed by atoms with Crippen LogP contribution in [0.5, 0.6) is 0 Å². The second-order valence-corrected chi connectivity index (χ2v) is 12.3. The Balaban J connectivity index is 0.000000543. The molecule has 0 spiro atoms. The van der Waals surface area contributed by atoms with E-state index in [0.29, 0.717) is 25.6 Å². The minimum atomic E-state index is -2.66. The van der Waals surface area contributed by atoms with Gasteiger partial charge in [-0.3, -0.25) is 0 Å². The number of urea groups is 1. The van der Waals surface area contributed by atoms with Crippen LogP contribution in [0, 0.1) is 0 Å². The van der Waals surface area contributed by atoms with Crippen LogP contribution < -0.4 is 11.1 Å². The van der Waals surface area contributed by atoms with Gasteiger partial charge in [-0.2, -0.15) is 0 Å². The molecule has 1 fully saturated rings. The zero-order chi connectivity index (χ0) is 22.3. The Hall–Kier alpha value is -0.616. The van der Waals surface area contributed by atoms with Gasteiger partial charge in [-0.25, -0.2) is 4.79 Å². The quantitative estimate of drug-likeness (QED) is 0.205. The van der Waals surface area contributed by atoms with Gasteiger partial charge in [-0.15, -0.1) is 0 Å². The maximum atomic E-state index is 10.4. The van der Waals surface area contributed by atoms with Crippen molar-refractivity contribution in [3.05, 3.63) is 0 Å². The van der Waals surface area contributed by atoms with Crippen molar-refractivity contribution >= 4 is 23.6 Å². The van der Waals surface area contributed by atoms with Gasteiger partial charge in [0.2, 0.25) is 0 Å². The first-order valence-corrected chi connectivity index (χ1v) is 13.1. The van der Waals surface area contributed by atoms with E-state index < -0.39 is 23.6 Å². The van der Waals surface area contributed by atoms with E-state index in [-0.39, 0.29) is 11.8 Å². The third-order valence-corrected chi connectivity index (χ3v) is 10.3. The summed E-state index contributed by atoms with van der Waals surface area (Å²) in [6.07, 6.45) is 1.76. The Labute approximate surface area is 176 Å². The number of hydrogen-bond donors (Lipinski definition) is 2. The van der Waals surface area contributed by atoms with Crippen LogP contribution >= 0.6 is 0 Å². The molecule has 3 N–H and O–H groups in total. The maximum absolute atomic E-state index is 10.4. The molecular formula is C16H38N2O9Si2. The summed E-state index contributed by atoms with van der Waals surface area (Å²) in [6.45, 7) is 3.90. The molecule has 13 heteroatoms. The SMILES string of the molecule is CCC(OCC1CO1)[Si](OC)(OC)OC.CO[Si](CCCNC(N)=O)(OC)OC. The molecule has 1 saturated heterocycles. The molecule has 1 aliphatic heterocycles. The number of amides is 2. The summed E-state index contributed by atoms with van der Waals surface area (Å²) in [5, 5.41) is 2.48. The Bertz CT molecular complexity index is 420. The molecule has 2 unspecified atom stereocenters. The number of ether oxygens (including phenoxy) is 2. The van der Waals surface area contributed by atoms with Crippen molar-refractivity contribution in [3.8, 4) is 0 Å². The molecule has 0 aliphatic carbocycles. The van der Waals surface area contributed by atoms with Crippen LogP contribution in [-0.2, 0) is 36.0 Å². The van der Waals surface area contributed by atoms with Gasteiger partial charge < -0.3 is 47.1 Å². The molecule has 0 aromatic heterocycles. The van der Waals surface area contributed by atoms with Gasteiger partial charge in [0.25, 0.3) is 0 Å². The van der Waals surface area contributed by atoms with Crippen molar-refractivity contribution in [2.75, 3.05) is 62.4 Å². The monoisotopic (exact) mass is 458 g/mol. The lowest BCUT2D eigenvalue weighted by Crippen LogP contribution is -2.55. The van der Waals surface area contributed by atoms with E-state index in [4.69, 9.17) is 41.8 Å². The molecule has 1 heterocycles. The van der Waals surface area contributed by atoms with Crippen molar-refractivity contribution in [1.29, 1.82) is 0 Å². The van der Waals surface area contributed by atoms with Crippen LogP contribution in [0.4, 0.5) is 4.79 Å². The Kier molecular flexibility index (Phi) is 14.9. The number of primary amides is 1. The van der Waals surface area contributed by atoms with Gasteiger partial charge in [0.15, 0.2) is 0 Å². The van der Waals surface area contributed by atoms with Crippen molar-refractivity contribution in [3.63, 3.8) is 0 Å². The molecule has 2 amide bonds. The molecule has 11 nitrogen and oxygen atoms in total. The minimum Gasteiger partial charge on any atom is -0.377 e. The van der Waals surface area contributed by atoms with Crippen LogP contribution in [0.2, 0.25) is 6.04 Å². The summed E-state index contributed by atoms with van der Waals surface area (Å²) >= 11 is 0. The Morgan fingerprint density at radius 2 is 1.59 bits per heavy atom. The predicted molar refractivity (Wildman–Crippen MR) is 110 cm³/mol. The second kappa shape index (κ2) is 15.2. The van der Waals surface area contributed by atoms with E-state index >= 15 is 0 Å². The number of nitrogens with one attached hydrogen (secondary N) is 1. The number of carbonyl (C=O) groups is 1. The molecule has 1 aliphatic rings. The highest BCUT2D eigenvalue weighted by Crippen LogP contribution is 2.20. The smallest absolute Gasteiger partial charge is 0.377 e. The lowest BCUT2D eigenvalue weighted by atomic mass is 10.5. The van der Waals surface area contributed by atoms with E-state index in [9.17, 15) is 4.79 Å². The normalized spacial score (nSPS) is 17.3. The van der Waals surface area contributed by atoms with Crippen LogP contribution in [0.25, 0.3) is 0 Å². The first-order chi connectivity index (χ1) is 13.8. The largest absolute Gasteiger partial charge is 0.530 e. The molecule has 174 valence electrons.